The Bertz CT molecular complexity index is 595. The molecule has 0 atom stereocenters. The first-order valence-electron chi connectivity index (χ1n) is 7.09. The number of likely N-dealkylation sites (tertiary alicyclic amines) is 1. The van der Waals surface area contributed by atoms with Crippen molar-refractivity contribution in [1.82, 2.24) is 4.90 Å². The maximum Gasteiger partial charge on any atom is 0.238 e. The number of piperidine rings is 1. The lowest BCUT2D eigenvalue weighted by Gasteiger charge is -2.32. The lowest BCUT2D eigenvalue weighted by molar-refractivity contribution is 0.222. The zero-order chi connectivity index (χ0) is 15.6. The number of anilines is 2. The minimum absolute atomic E-state index is 0.0990. The van der Waals surface area contributed by atoms with Crippen molar-refractivity contribution in [2.75, 3.05) is 44.4 Å². The van der Waals surface area contributed by atoms with E-state index in [1.165, 1.54) is 6.07 Å². The monoisotopic (exact) mass is 312 g/mol. The second-order valence-electron chi connectivity index (χ2n) is 5.89. The lowest BCUT2D eigenvalue weighted by Crippen LogP contribution is -2.36. The maximum absolute atomic E-state index is 11.5. The summed E-state index contributed by atoms with van der Waals surface area (Å²) in [4.78, 5) is 4.45. The summed E-state index contributed by atoms with van der Waals surface area (Å²) in [6.45, 7) is 3.07. The highest BCUT2D eigenvalue weighted by atomic mass is 32.2. The van der Waals surface area contributed by atoms with E-state index >= 15 is 0 Å². The van der Waals surface area contributed by atoms with E-state index in [1.54, 1.807) is 12.1 Å². The van der Waals surface area contributed by atoms with E-state index in [0.717, 1.165) is 38.2 Å². The number of nitrogens with zero attached hydrogens (tertiary/aromatic N) is 2. The molecule has 1 aliphatic rings. The van der Waals surface area contributed by atoms with Crippen molar-refractivity contribution in [2.45, 2.75) is 17.7 Å². The number of rotatable bonds is 4. The largest absolute Gasteiger partial charge is 0.397 e. The summed E-state index contributed by atoms with van der Waals surface area (Å²) in [5, 5.41) is 5.18. The molecule has 1 heterocycles. The second kappa shape index (κ2) is 6.21. The predicted molar refractivity (Wildman–Crippen MR) is 85.7 cm³/mol. The van der Waals surface area contributed by atoms with Crippen molar-refractivity contribution in [3.05, 3.63) is 18.2 Å². The van der Waals surface area contributed by atoms with Gasteiger partial charge < -0.3 is 15.5 Å². The molecule has 118 valence electrons. The van der Waals surface area contributed by atoms with Gasteiger partial charge in [-0.15, -0.1) is 0 Å². The Morgan fingerprint density at radius 2 is 1.95 bits per heavy atom. The first kappa shape index (κ1) is 16.1. The Kier molecular flexibility index (Phi) is 4.75. The molecule has 0 bridgehead atoms. The molecule has 1 fully saturated rings. The SMILES string of the molecule is CN1CCC(CN(C)c2cc(S(N)(=O)=O)ccc2N)CC1. The van der Waals surface area contributed by atoms with E-state index in [1.807, 2.05) is 11.9 Å². The Balaban J connectivity index is 2.13. The van der Waals surface area contributed by atoms with Crippen LogP contribution in [0.4, 0.5) is 11.4 Å². The van der Waals surface area contributed by atoms with E-state index in [-0.39, 0.29) is 4.90 Å². The minimum atomic E-state index is -3.70. The molecule has 0 aromatic heterocycles. The molecule has 0 saturated carbocycles. The molecule has 1 aliphatic heterocycles. The molecule has 0 radical (unpaired) electrons. The number of nitrogen functional groups attached to an aromatic ring is 1. The van der Waals surface area contributed by atoms with Crippen LogP contribution in [0.25, 0.3) is 0 Å². The number of sulfonamides is 1. The van der Waals surface area contributed by atoms with Crippen LogP contribution in [0.3, 0.4) is 0 Å². The predicted octanol–water partition coefficient (Wildman–Crippen LogP) is 0.694. The van der Waals surface area contributed by atoms with Gasteiger partial charge in [-0.25, -0.2) is 13.6 Å². The van der Waals surface area contributed by atoms with Gasteiger partial charge in [0.05, 0.1) is 16.3 Å². The molecule has 0 unspecified atom stereocenters. The molecule has 21 heavy (non-hydrogen) atoms. The fourth-order valence-electron chi connectivity index (χ4n) is 2.76. The third-order valence-corrected chi connectivity index (χ3v) is 5.02. The van der Waals surface area contributed by atoms with Crippen molar-refractivity contribution < 1.29 is 8.42 Å². The number of primary sulfonamides is 1. The highest BCUT2D eigenvalue weighted by molar-refractivity contribution is 7.89. The van der Waals surface area contributed by atoms with Crippen LogP contribution in [0, 0.1) is 5.92 Å². The summed E-state index contributed by atoms with van der Waals surface area (Å²) in [7, 11) is 0.369. The quantitative estimate of drug-likeness (QED) is 0.798. The fraction of sp³-hybridized carbons (Fsp3) is 0.571. The van der Waals surface area contributed by atoms with Crippen molar-refractivity contribution in [3.8, 4) is 0 Å². The van der Waals surface area contributed by atoms with Crippen LogP contribution in [-0.2, 0) is 10.0 Å². The maximum atomic E-state index is 11.5. The molecule has 6 nitrogen and oxygen atoms in total. The molecule has 7 heteroatoms. The molecular weight excluding hydrogens is 288 g/mol. The summed E-state index contributed by atoms with van der Waals surface area (Å²) in [6.07, 6.45) is 2.30. The van der Waals surface area contributed by atoms with Crippen LogP contribution < -0.4 is 15.8 Å². The molecule has 2 rings (SSSR count). The number of benzene rings is 1. The fourth-order valence-corrected chi connectivity index (χ4v) is 3.29. The molecule has 0 aliphatic carbocycles. The van der Waals surface area contributed by atoms with Crippen molar-refractivity contribution in [2.24, 2.45) is 11.1 Å². The zero-order valence-corrected chi connectivity index (χ0v) is 13.4. The van der Waals surface area contributed by atoms with Gasteiger partial charge in [-0.05, 0) is 57.1 Å². The van der Waals surface area contributed by atoms with Crippen molar-refractivity contribution >= 4 is 21.4 Å². The number of hydrogen-bond acceptors (Lipinski definition) is 5. The van der Waals surface area contributed by atoms with Gasteiger partial charge in [0.15, 0.2) is 0 Å². The Morgan fingerprint density at radius 3 is 2.52 bits per heavy atom. The van der Waals surface area contributed by atoms with E-state index < -0.39 is 10.0 Å². The third kappa shape index (κ3) is 4.09. The van der Waals surface area contributed by atoms with E-state index in [2.05, 4.69) is 11.9 Å². The van der Waals surface area contributed by atoms with Crippen LogP contribution in [0.2, 0.25) is 0 Å². The van der Waals surface area contributed by atoms with Crippen molar-refractivity contribution in [3.63, 3.8) is 0 Å². The normalized spacial score (nSPS) is 17.9. The van der Waals surface area contributed by atoms with Crippen molar-refractivity contribution in [1.29, 1.82) is 0 Å². The summed E-state index contributed by atoms with van der Waals surface area (Å²) in [5.74, 6) is 0.601. The number of nitrogens with two attached hydrogens (primary N) is 2. The molecule has 1 aromatic rings. The van der Waals surface area contributed by atoms with Gasteiger partial charge in [0, 0.05) is 13.6 Å². The van der Waals surface area contributed by atoms with Gasteiger partial charge in [0.2, 0.25) is 10.0 Å². The van der Waals surface area contributed by atoms with Gasteiger partial charge >= 0.3 is 0 Å². The molecule has 1 aromatic carbocycles. The standard InChI is InChI=1S/C14H24N4O2S/c1-17-7-5-11(6-8-17)10-18(2)14-9-12(21(16,19)20)3-4-13(14)15/h3-4,9,11H,5-8,10,15H2,1-2H3,(H2,16,19,20). The first-order valence-corrected chi connectivity index (χ1v) is 8.64. The average Bonchev–Trinajstić information content (AvgIpc) is 2.40. The second-order valence-corrected chi connectivity index (χ2v) is 7.45. The lowest BCUT2D eigenvalue weighted by atomic mass is 9.96. The Morgan fingerprint density at radius 1 is 1.33 bits per heavy atom. The third-order valence-electron chi connectivity index (χ3n) is 4.11. The molecule has 1 saturated heterocycles. The minimum Gasteiger partial charge on any atom is -0.397 e. The smallest absolute Gasteiger partial charge is 0.238 e. The first-order chi connectivity index (χ1) is 9.77. The Hall–Kier alpha value is -1.31. The highest BCUT2D eigenvalue weighted by Gasteiger charge is 2.20. The van der Waals surface area contributed by atoms with Gasteiger partial charge in [0.25, 0.3) is 0 Å². The molecular formula is C14H24N4O2S. The van der Waals surface area contributed by atoms with Gasteiger partial charge in [-0.3, -0.25) is 0 Å². The summed E-state index contributed by atoms with van der Waals surface area (Å²) >= 11 is 0. The summed E-state index contributed by atoms with van der Waals surface area (Å²) < 4.78 is 22.9. The molecule has 0 spiro atoms. The van der Waals surface area contributed by atoms with E-state index in [0.29, 0.717) is 11.6 Å². The van der Waals surface area contributed by atoms with E-state index in [4.69, 9.17) is 10.9 Å². The van der Waals surface area contributed by atoms with Crippen LogP contribution in [-0.4, -0.2) is 47.0 Å². The van der Waals surface area contributed by atoms with Crippen LogP contribution >= 0.6 is 0 Å². The average molecular weight is 312 g/mol. The summed E-state index contributed by atoms with van der Waals surface area (Å²) in [5.41, 5.74) is 7.27. The number of hydrogen-bond donors (Lipinski definition) is 2. The highest BCUT2D eigenvalue weighted by Crippen LogP contribution is 2.27. The van der Waals surface area contributed by atoms with Gasteiger partial charge in [0.1, 0.15) is 0 Å². The van der Waals surface area contributed by atoms with Gasteiger partial charge in [-0.1, -0.05) is 0 Å². The molecule has 4 N–H and O–H groups in total. The van der Waals surface area contributed by atoms with E-state index in [9.17, 15) is 8.42 Å². The van der Waals surface area contributed by atoms with Gasteiger partial charge in [-0.2, -0.15) is 0 Å². The zero-order valence-electron chi connectivity index (χ0n) is 12.6. The summed E-state index contributed by atoms with van der Waals surface area (Å²) in [6, 6.07) is 4.59. The van der Waals surface area contributed by atoms with Crippen LogP contribution in [0.5, 0.6) is 0 Å². The molecule has 0 amide bonds. The van der Waals surface area contributed by atoms with Crippen LogP contribution in [0.15, 0.2) is 23.1 Å². The van der Waals surface area contributed by atoms with Crippen LogP contribution in [0.1, 0.15) is 12.8 Å². The topological polar surface area (TPSA) is 92.7 Å². The Labute approximate surface area is 126 Å².